The van der Waals surface area contributed by atoms with Crippen LogP contribution in [0.3, 0.4) is 0 Å². The highest BCUT2D eigenvalue weighted by atomic mass is 127. The Labute approximate surface area is 172 Å². The van der Waals surface area contributed by atoms with Crippen LogP contribution in [-0.4, -0.2) is 73.7 Å². The molecule has 8 heteroatoms. The van der Waals surface area contributed by atoms with Crippen LogP contribution in [0.4, 0.5) is 0 Å². The Kier molecular flexibility index (Phi) is 8.37. The number of hydrogen-bond acceptors (Lipinski definition) is 5. The van der Waals surface area contributed by atoms with Crippen LogP contribution in [0.2, 0.25) is 0 Å². The molecule has 2 aliphatic heterocycles. The van der Waals surface area contributed by atoms with Crippen molar-refractivity contribution < 1.29 is 4.74 Å². The molecule has 0 bridgehead atoms. The molecule has 1 N–H and O–H groups in total. The minimum atomic E-state index is 0. The monoisotopic (exact) mass is 479 g/mol. The first-order valence-electron chi connectivity index (χ1n) is 8.84. The van der Waals surface area contributed by atoms with Crippen molar-refractivity contribution in [3.8, 4) is 0 Å². The number of nitrogens with zero attached hydrogens (tertiary/aromatic N) is 4. The number of piperazine rings is 1. The first-order chi connectivity index (χ1) is 11.7. The fraction of sp³-hybridized carbons (Fsp3) is 0.765. The van der Waals surface area contributed by atoms with Gasteiger partial charge in [0.15, 0.2) is 5.96 Å². The van der Waals surface area contributed by atoms with Gasteiger partial charge in [-0.2, -0.15) is 0 Å². The van der Waals surface area contributed by atoms with Gasteiger partial charge in [0.2, 0.25) is 0 Å². The number of thiazole rings is 1. The van der Waals surface area contributed by atoms with Gasteiger partial charge in [-0.15, -0.1) is 35.3 Å². The van der Waals surface area contributed by atoms with Crippen molar-refractivity contribution in [2.45, 2.75) is 26.8 Å². The van der Waals surface area contributed by atoms with Gasteiger partial charge < -0.3 is 15.0 Å². The van der Waals surface area contributed by atoms with Crippen LogP contribution in [0.25, 0.3) is 0 Å². The quantitative estimate of drug-likeness (QED) is 0.408. The number of aromatic nitrogens is 1. The molecule has 0 aromatic carbocycles. The number of hydrogen-bond donors (Lipinski definition) is 1. The Hall–Kier alpha value is -0.450. The zero-order valence-corrected chi connectivity index (χ0v) is 18.6. The summed E-state index contributed by atoms with van der Waals surface area (Å²) in [6.07, 6.45) is 1.22. The third kappa shape index (κ3) is 5.77. The first kappa shape index (κ1) is 20.9. The fourth-order valence-electron chi connectivity index (χ4n) is 3.34. The first-order valence-corrected chi connectivity index (χ1v) is 9.66. The number of guanidine groups is 1. The summed E-state index contributed by atoms with van der Waals surface area (Å²) in [5.41, 5.74) is 1.14. The molecule has 3 heterocycles. The number of halogens is 1. The molecule has 1 unspecified atom stereocenters. The lowest BCUT2D eigenvalue weighted by Crippen LogP contribution is -2.53. The van der Waals surface area contributed by atoms with Gasteiger partial charge in [0.1, 0.15) is 5.01 Å². The van der Waals surface area contributed by atoms with Gasteiger partial charge in [-0.25, -0.2) is 4.98 Å². The van der Waals surface area contributed by atoms with Crippen LogP contribution in [0.1, 0.15) is 22.0 Å². The molecule has 6 nitrogen and oxygen atoms in total. The Morgan fingerprint density at radius 3 is 2.64 bits per heavy atom. The molecule has 2 aliphatic rings. The molecule has 0 saturated carbocycles. The van der Waals surface area contributed by atoms with E-state index >= 15 is 0 Å². The number of nitrogens with one attached hydrogen (secondary N) is 1. The van der Waals surface area contributed by atoms with Crippen LogP contribution < -0.4 is 5.32 Å². The standard InChI is InChI=1S/C17H29N5OS.HI/c1-13-14(2)24-16(20-13)10-19-17(18-3)22-7-5-21(6-8-22)11-15-4-9-23-12-15;/h15H,4-12H2,1-3H3,(H,18,19);1H. The summed E-state index contributed by atoms with van der Waals surface area (Å²) < 4.78 is 5.49. The molecule has 1 atom stereocenters. The number of aliphatic imine (C=N–C) groups is 1. The molecule has 1 aromatic heterocycles. The maximum Gasteiger partial charge on any atom is 0.194 e. The van der Waals surface area contributed by atoms with Crippen molar-refractivity contribution in [2.75, 3.05) is 53.0 Å². The predicted molar refractivity (Wildman–Crippen MR) is 114 cm³/mol. The molecule has 142 valence electrons. The normalized spacial score (nSPS) is 22.1. The summed E-state index contributed by atoms with van der Waals surface area (Å²) in [5.74, 6) is 1.72. The van der Waals surface area contributed by atoms with Crippen LogP contribution in [0.15, 0.2) is 4.99 Å². The molecular weight excluding hydrogens is 449 g/mol. The van der Waals surface area contributed by atoms with E-state index in [0.29, 0.717) is 0 Å². The number of rotatable bonds is 4. The molecule has 0 aliphatic carbocycles. The topological polar surface area (TPSA) is 53.0 Å². The van der Waals surface area contributed by atoms with E-state index in [0.717, 1.165) is 68.5 Å². The molecule has 0 amide bonds. The summed E-state index contributed by atoms with van der Waals surface area (Å²) in [6, 6.07) is 0. The van der Waals surface area contributed by atoms with E-state index in [9.17, 15) is 0 Å². The van der Waals surface area contributed by atoms with Crippen molar-refractivity contribution in [1.29, 1.82) is 0 Å². The molecule has 2 fully saturated rings. The van der Waals surface area contributed by atoms with Crippen LogP contribution in [0, 0.1) is 19.8 Å². The van der Waals surface area contributed by atoms with E-state index < -0.39 is 0 Å². The molecular formula is C17H30IN5OS. The third-order valence-corrected chi connectivity index (χ3v) is 5.97. The van der Waals surface area contributed by atoms with Gasteiger partial charge in [-0.3, -0.25) is 9.89 Å². The minimum absolute atomic E-state index is 0. The lowest BCUT2D eigenvalue weighted by molar-refractivity contribution is 0.139. The van der Waals surface area contributed by atoms with E-state index in [4.69, 9.17) is 4.74 Å². The highest BCUT2D eigenvalue weighted by Crippen LogP contribution is 2.17. The van der Waals surface area contributed by atoms with Crippen LogP contribution in [0.5, 0.6) is 0 Å². The Balaban J connectivity index is 0.00000225. The van der Waals surface area contributed by atoms with Gasteiger partial charge in [-0.1, -0.05) is 0 Å². The Morgan fingerprint density at radius 2 is 2.08 bits per heavy atom. The molecule has 25 heavy (non-hydrogen) atoms. The smallest absolute Gasteiger partial charge is 0.194 e. The predicted octanol–water partition coefficient (Wildman–Crippen LogP) is 2.11. The largest absolute Gasteiger partial charge is 0.381 e. The molecule has 2 saturated heterocycles. The summed E-state index contributed by atoms with van der Waals surface area (Å²) in [6.45, 7) is 12.3. The van der Waals surface area contributed by atoms with Gasteiger partial charge >= 0.3 is 0 Å². The van der Waals surface area contributed by atoms with Gasteiger partial charge in [0.05, 0.1) is 18.8 Å². The van der Waals surface area contributed by atoms with E-state index in [1.807, 2.05) is 7.05 Å². The van der Waals surface area contributed by atoms with Gasteiger partial charge in [0.25, 0.3) is 0 Å². The van der Waals surface area contributed by atoms with Gasteiger partial charge in [-0.05, 0) is 26.2 Å². The van der Waals surface area contributed by atoms with Crippen LogP contribution in [-0.2, 0) is 11.3 Å². The van der Waals surface area contributed by atoms with Crippen molar-refractivity contribution in [3.05, 3.63) is 15.6 Å². The zero-order valence-electron chi connectivity index (χ0n) is 15.5. The van der Waals surface area contributed by atoms with Crippen molar-refractivity contribution >= 4 is 41.3 Å². The average molecular weight is 479 g/mol. The second-order valence-electron chi connectivity index (χ2n) is 6.67. The summed E-state index contributed by atoms with van der Waals surface area (Å²) in [7, 11) is 1.86. The summed E-state index contributed by atoms with van der Waals surface area (Å²) in [5, 5.41) is 4.60. The SMILES string of the molecule is CN=C(NCc1nc(C)c(C)s1)N1CCN(CC2CCOC2)CC1.I. The highest BCUT2D eigenvalue weighted by molar-refractivity contribution is 14.0. The second-order valence-corrected chi connectivity index (χ2v) is 7.95. The number of ether oxygens (including phenoxy) is 1. The average Bonchev–Trinajstić information content (AvgIpc) is 3.20. The van der Waals surface area contributed by atoms with E-state index in [2.05, 4.69) is 38.9 Å². The summed E-state index contributed by atoms with van der Waals surface area (Å²) in [4.78, 5) is 15.3. The van der Waals surface area contributed by atoms with E-state index in [1.165, 1.54) is 17.8 Å². The molecule has 0 spiro atoms. The Morgan fingerprint density at radius 1 is 1.32 bits per heavy atom. The van der Waals surface area contributed by atoms with Crippen molar-refractivity contribution in [1.82, 2.24) is 20.1 Å². The second kappa shape index (κ2) is 10.0. The van der Waals surface area contributed by atoms with E-state index in [-0.39, 0.29) is 24.0 Å². The van der Waals surface area contributed by atoms with Gasteiger partial charge in [0, 0.05) is 51.3 Å². The zero-order chi connectivity index (χ0) is 16.9. The van der Waals surface area contributed by atoms with E-state index in [1.54, 1.807) is 11.3 Å². The Bertz CT molecular complexity index is 546. The minimum Gasteiger partial charge on any atom is -0.381 e. The maximum absolute atomic E-state index is 5.49. The lowest BCUT2D eigenvalue weighted by atomic mass is 10.1. The molecule has 3 rings (SSSR count). The van der Waals surface area contributed by atoms with Crippen molar-refractivity contribution in [2.24, 2.45) is 10.9 Å². The summed E-state index contributed by atoms with van der Waals surface area (Å²) >= 11 is 1.76. The lowest BCUT2D eigenvalue weighted by Gasteiger charge is -2.37. The highest BCUT2D eigenvalue weighted by Gasteiger charge is 2.24. The number of aryl methyl sites for hydroxylation is 2. The maximum atomic E-state index is 5.49. The van der Waals surface area contributed by atoms with Crippen molar-refractivity contribution in [3.63, 3.8) is 0 Å². The molecule has 0 radical (unpaired) electrons. The molecule has 1 aromatic rings. The van der Waals surface area contributed by atoms with Crippen LogP contribution >= 0.6 is 35.3 Å². The third-order valence-electron chi connectivity index (χ3n) is 4.89. The fourth-order valence-corrected chi connectivity index (χ4v) is 4.21.